The first-order valence-corrected chi connectivity index (χ1v) is 6.99. The number of amides is 1. The van der Waals surface area contributed by atoms with Crippen molar-refractivity contribution in [3.63, 3.8) is 0 Å². The summed E-state index contributed by atoms with van der Waals surface area (Å²) in [4.78, 5) is 11.4. The van der Waals surface area contributed by atoms with Gasteiger partial charge in [-0.05, 0) is 25.8 Å². The minimum atomic E-state index is -2.96. The summed E-state index contributed by atoms with van der Waals surface area (Å²) >= 11 is 0. The Hall–Kier alpha value is -0.620. The topological polar surface area (TPSA) is 89.3 Å². The van der Waals surface area contributed by atoms with Gasteiger partial charge in [0.15, 0.2) is 0 Å². The van der Waals surface area contributed by atoms with Crippen molar-refractivity contribution in [2.45, 2.75) is 31.7 Å². The summed E-state index contributed by atoms with van der Waals surface area (Å²) < 4.78 is 22.5. The van der Waals surface area contributed by atoms with Crippen LogP contribution in [0.25, 0.3) is 0 Å². The highest BCUT2D eigenvalue weighted by atomic mass is 32.2. The minimum Gasteiger partial charge on any atom is -0.368 e. The molecular formula is C9H18N2O3S. The molecule has 0 saturated carbocycles. The van der Waals surface area contributed by atoms with E-state index in [1.54, 1.807) is 0 Å². The van der Waals surface area contributed by atoms with Crippen molar-refractivity contribution in [3.8, 4) is 0 Å². The number of hydrogen-bond acceptors (Lipinski definition) is 4. The van der Waals surface area contributed by atoms with Crippen LogP contribution in [0.2, 0.25) is 0 Å². The van der Waals surface area contributed by atoms with Crippen LogP contribution in [-0.4, -0.2) is 37.9 Å². The maximum Gasteiger partial charge on any atom is 0.237 e. The van der Waals surface area contributed by atoms with Crippen LogP contribution in [-0.2, 0) is 14.6 Å². The van der Waals surface area contributed by atoms with Crippen LogP contribution in [0.3, 0.4) is 0 Å². The Morgan fingerprint density at radius 3 is 2.33 bits per heavy atom. The van der Waals surface area contributed by atoms with Gasteiger partial charge in [-0.2, -0.15) is 0 Å². The highest BCUT2D eigenvalue weighted by Crippen LogP contribution is 2.23. The molecule has 1 aliphatic heterocycles. The van der Waals surface area contributed by atoms with Gasteiger partial charge in [0.1, 0.15) is 9.84 Å². The Kier molecular flexibility index (Phi) is 3.72. The van der Waals surface area contributed by atoms with E-state index in [1.807, 2.05) is 6.92 Å². The molecular weight excluding hydrogens is 216 g/mol. The van der Waals surface area contributed by atoms with Crippen LogP contribution >= 0.6 is 0 Å². The summed E-state index contributed by atoms with van der Waals surface area (Å²) in [7, 11) is -2.96. The van der Waals surface area contributed by atoms with Gasteiger partial charge >= 0.3 is 0 Å². The highest BCUT2D eigenvalue weighted by molar-refractivity contribution is 7.91. The molecule has 0 aromatic carbocycles. The summed E-state index contributed by atoms with van der Waals surface area (Å²) in [6, 6.07) is 0. The number of rotatable bonds is 4. The first kappa shape index (κ1) is 12.4. The van der Waals surface area contributed by atoms with E-state index in [9.17, 15) is 13.2 Å². The number of primary amides is 1. The Morgan fingerprint density at radius 2 is 1.93 bits per heavy atom. The maximum absolute atomic E-state index is 11.4. The summed E-state index contributed by atoms with van der Waals surface area (Å²) in [6.45, 7) is 2.67. The van der Waals surface area contributed by atoms with E-state index in [0.29, 0.717) is 19.4 Å². The summed E-state index contributed by atoms with van der Waals surface area (Å²) in [5.41, 5.74) is 4.53. The first-order valence-electron chi connectivity index (χ1n) is 5.17. The molecule has 15 heavy (non-hydrogen) atoms. The lowest BCUT2D eigenvalue weighted by Gasteiger charge is -2.34. The molecule has 0 aliphatic carbocycles. The van der Waals surface area contributed by atoms with Crippen molar-refractivity contribution in [2.24, 2.45) is 5.73 Å². The van der Waals surface area contributed by atoms with Gasteiger partial charge in [0.2, 0.25) is 5.91 Å². The van der Waals surface area contributed by atoms with E-state index < -0.39 is 21.3 Å². The molecule has 88 valence electrons. The number of nitrogens with two attached hydrogens (primary N) is 1. The monoisotopic (exact) mass is 234 g/mol. The third kappa shape index (κ3) is 2.92. The lowest BCUT2D eigenvalue weighted by Crippen LogP contribution is -2.59. The fourth-order valence-electron chi connectivity index (χ4n) is 1.76. The van der Waals surface area contributed by atoms with Gasteiger partial charge in [-0.15, -0.1) is 0 Å². The van der Waals surface area contributed by atoms with E-state index in [0.717, 1.165) is 6.42 Å². The molecule has 6 heteroatoms. The average Bonchev–Trinajstić information content (AvgIpc) is 2.16. The van der Waals surface area contributed by atoms with Crippen molar-refractivity contribution in [2.75, 3.05) is 18.1 Å². The average molecular weight is 234 g/mol. The predicted octanol–water partition coefficient (Wildman–Crippen LogP) is -0.581. The second kappa shape index (κ2) is 4.49. The van der Waals surface area contributed by atoms with Crippen LogP contribution in [0, 0.1) is 0 Å². The van der Waals surface area contributed by atoms with Crippen molar-refractivity contribution >= 4 is 15.7 Å². The zero-order valence-electron chi connectivity index (χ0n) is 8.95. The lowest BCUT2D eigenvalue weighted by molar-refractivity contribution is -0.124. The third-order valence-corrected chi connectivity index (χ3v) is 4.52. The SMILES string of the molecule is CCCNC1(C(N)=O)CCS(=O)(=O)CC1. The molecule has 0 aromatic heterocycles. The van der Waals surface area contributed by atoms with Crippen LogP contribution < -0.4 is 11.1 Å². The molecule has 3 N–H and O–H groups in total. The Bertz CT molecular complexity index is 323. The molecule has 1 rings (SSSR count). The van der Waals surface area contributed by atoms with Gasteiger partial charge in [0.05, 0.1) is 17.0 Å². The Balaban J connectivity index is 2.73. The van der Waals surface area contributed by atoms with Crippen LogP contribution in [0.4, 0.5) is 0 Å². The molecule has 0 unspecified atom stereocenters. The molecule has 1 amide bonds. The number of nitrogens with one attached hydrogen (secondary N) is 1. The normalized spacial score (nSPS) is 23.5. The van der Waals surface area contributed by atoms with Crippen LogP contribution in [0.1, 0.15) is 26.2 Å². The lowest BCUT2D eigenvalue weighted by atomic mass is 9.91. The summed E-state index contributed by atoms with van der Waals surface area (Å²) in [5, 5.41) is 3.08. The van der Waals surface area contributed by atoms with E-state index >= 15 is 0 Å². The highest BCUT2D eigenvalue weighted by Gasteiger charge is 2.41. The fraction of sp³-hybridized carbons (Fsp3) is 0.889. The molecule has 0 radical (unpaired) electrons. The molecule has 1 aliphatic rings. The zero-order chi connectivity index (χ0) is 11.5. The largest absolute Gasteiger partial charge is 0.368 e. The van der Waals surface area contributed by atoms with Gasteiger partial charge in [0, 0.05) is 0 Å². The third-order valence-electron chi connectivity index (χ3n) is 2.86. The summed E-state index contributed by atoms with van der Waals surface area (Å²) in [6.07, 6.45) is 1.48. The van der Waals surface area contributed by atoms with Crippen molar-refractivity contribution in [1.29, 1.82) is 0 Å². The maximum atomic E-state index is 11.4. The van der Waals surface area contributed by atoms with Gasteiger partial charge in [-0.25, -0.2) is 8.42 Å². The van der Waals surface area contributed by atoms with E-state index in [4.69, 9.17) is 5.73 Å². The van der Waals surface area contributed by atoms with Gasteiger partial charge in [-0.3, -0.25) is 4.79 Å². The van der Waals surface area contributed by atoms with Gasteiger partial charge in [0.25, 0.3) is 0 Å². The number of hydrogen-bond donors (Lipinski definition) is 2. The molecule has 0 aromatic rings. The molecule has 5 nitrogen and oxygen atoms in total. The van der Waals surface area contributed by atoms with Gasteiger partial charge in [-0.1, -0.05) is 6.92 Å². The molecule has 0 spiro atoms. The van der Waals surface area contributed by atoms with Crippen LogP contribution in [0.15, 0.2) is 0 Å². The second-order valence-electron chi connectivity index (χ2n) is 4.02. The van der Waals surface area contributed by atoms with Crippen molar-refractivity contribution < 1.29 is 13.2 Å². The molecule has 0 bridgehead atoms. The van der Waals surface area contributed by atoms with Crippen LogP contribution in [0.5, 0.6) is 0 Å². The molecule has 1 fully saturated rings. The van der Waals surface area contributed by atoms with E-state index in [1.165, 1.54) is 0 Å². The fourth-order valence-corrected chi connectivity index (χ4v) is 3.28. The zero-order valence-corrected chi connectivity index (χ0v) is 9.77. The van der Waals surface area contributed by atoms with Crippen molar-refractivity contribution in [3.05, 3.63) is 0 Å². The van der Waals surface area contributed by atoms with Crippen molar-refractivity contribution in [1.82, 2.24) is 5.32 Å². The molecule has 1 saturated heterocycles. The van der Waals surface area contributed by atoms with E-state index in [-0.39, 0.29) is 11.5 Å². The number of sulfone groups is 1. The Morgan fingerprint density at radius 1 is 1.40 bits per heavy atom. The predicted molar refractivity (Wildman–Crippen MR) is 58.1 cm³/mol. The summed E-state index contributed by atoms with van der Waals surface area (Å²) in [5.74, 6) is -0.342. The number of carbonyl (C=O) groups is 1. The first-order chi connectivity index (χ1) is 6.92. The minimum absolute atomic E-state index is 0.0483. The quantitative estimate of drug-likeness (QED) is 0.681. The van der Waals surface area contributed by atoms with E-state index in [2.05, 4.69) is 5.32 Å². The second-order valence-corrected chi connectivity index (χ2v) is 6.33. The standard InChI is InChI=1S/C9H18N2O3S/c1-2-5-11-9(8(10)12)3-6-15(13,14)7-4-9/h11H,2-7H2,1H3,(H2,10,12). The van der Waals surface area contributed by atoms with Gasteiger partial charge < -0.3 is 11.1 Å². The smallest absolute Gasteiger partial charge is 0.237 e. The molecule has 1 heterocycles. The Labute approximate surface area is 90.3 Å². The molecule has 0 atom stereocenters. The number of carbonyl (C=O) groups excluding carboxylic acids is 1.